The van der Waals surface area contributed by atoms with Crippen molar-refractivity contribution in [1.82, 2.24) is 14.1 Å². The van der Waals surface area contributed by atoms with Crippen LogP contribution >= 0.6 is 0 Å². The van der Waals surface area contributed by atoms with E-state index in [-0.39, 0.29) is 46.0 Å². The smallest absolute Gasteiger partial charge is 0.407 e. The molecule has 4 atom stereocenters. The van der Waals surface area contributed by atoms with E-state index in [1.807, 2.05) is 0 Å². The molecule has 1 aliphatic heterocycles. The number of fused-ring (bicyclic) bond motifs is 1. The fourth-order valence-corrected chi connectivity index (χ4v) is 10.8. The van der Waals surface area contributed by atoms with E-state index in [2.05, 4.69) is 5.32 Å². The maximum absolute atomic E-state index is 15.1. The Morgan fingerprint density at radius 1 is 1.02 bits per heavy atom. The average Bonchev–Trinajstić information content (AvgIpc) is 3.72. The molecule has 1 unspecified atom stereocenters. The van der Waals surface area contributed by atoms with Crippen LogP contribution in [0.2, 0.25) is 0 Å². The molecule has 3 amide bonds. The molecular weight excluding hydrogens is 704 g/mol. The van der Waals surface area contributed by atoms with E-state index in [0.29, 0.717) is 49.7 Å². The number of alkyl halides is 1. The number of nitrogens with one attached hydrogen (secondary N) is 1. The zero-order valence-electron chi connectivity index (χ0n) is 32.1. The standard InChI is InChI=1S/C39H57FN4O8S/c1-7-43(24(2)3)53(49,50)37(47)33-22-28-21-29(17-18-32(28)51-33)44(20-19-30(34(44)35(41)45)25-11-9-8-10-12-25)36(46)27-15-13-26(14-16-27)31(23-40)42-38(48)52-39(4,5)6/h17-18,21-22,24-27,30-31,34H,7-16,19-20,23H2,1-6H3,(H2-,41,42,45,48)/p+1/t26?,27?,30-,31+,34-,44?/m0/s1. The monoisotopic (exact) mass is 761 g/mol. The molecule has 2 aliphatic carbocycles. The zero-order chi connectivity index (χ0) is 38.9. The third-order valence-electron chi connectivity index (χ3n) is 11.8. The molecule has 2 aromatic rings. The predicted molar refractivity (Wildman–Crippen MR) is 201 cm³/mol. The van der Waals surface area contributed by atoms with Gasteiger partial charge in [0, 0.05) is 42.4 Å². The number of hydrogen-bond acceptors (Lipinski definition) is 8. The minimum atomic E-state index is -4.36. The first-order valence-electron chi connectivity index (χ1n) is 19.3. The number of halogens is 1. The number of primary amides is 1. The summed E-state index contributed by atoms with van der Waals surface area (Å²) in [6.45, 7) is 9.98. The van der Waals surface area contributed by atoms with Crippen LogP contribution in [0.1, 0.15) is 116 Å². The largest absolute Gasteiger partial charge is 0.452 e. The lowest BCUT2D eigenvalue weighted by Gasteiger charge is -2.42. The number of alkyl carbamates (subject to hydrolysis) is 1. The number of carbonyl (C=O) groups is 4. The third kappa shape index (κ3) is 8.34. The summed E-state index contributed by atoms with van der Waals surface area (Å²) >= 11 is 0. The summed E-state index contributed by atoms with van der Waals surface area (Å²) < 4.78 is 52.7. The Kier molecular flexibility index (Phi) is 12.4. The van der Waals surface area contributed by atoms with Gasteiger partial charge >= 0.3 is 17.1 Å². The van der Waals surface area contributed by atoms with Gasteiger partial charge in [-0.25, -0.2) is 26.9 Å². The van der Waals surface area contributed by atoms with E-state index in [0.717, 1.165) is 36.4 Å². The molecule has 3 aliphatic rings. The van der Waals surface area contributed by atoms with Crippen LogP contribution in [-0.4, -0.2) is 79.2 Å². The second-order valence-corrected chi connectivity index (χ2v) is 18.4. The van der Waals surface area contributed by atoms with Crippen LogP contribution in [0, 0.1) is 23.7 Å². The summed E-state index contributed by atoms with van der Waals surface area (Å²) in [5, 5.41) is 1.97. The molecule has 5 rings (SSSR count). The van der Waals surface area contributed by atoms with Gasteiger partial charge in [0.2, 0.25) is 0 Å². The summed E-state index contributed by atoms with van der Waals surface area (Å²) in [4.78, 5) is 54.6. The summed E-state index contributed by atoms with van der Waals surface area (Å²) in [5.74, 6) is -1.48. The minimum Gasteiger partial charge on any atom is -0.452 e. The number of nitrogens with zero attached hydrogens (tertiary/aromatic N) is 2. The van der Waals surface area contributed by atoms with Gasteiger partial charge in [0.25, 0.3) is 15.9 Å². The van der Waals surface area contributed by atoms with E-state index >= 15 is 4.79 Å². The number of carbonyl (C=O) groups excluding carboxylic acids is 4. The number of sulfonamides is 1. The molecule has 0 radical (unpaired) electrons. The Morgan fingerprint density at radius 2 is 1.68 bits per heavy atom. The Morgan fingerprint density at radius 3 is 2.25 bits per heavy atom. The third-order valence-corrected chi connectivity index (χ3v) is 13.8. The number of benzene rings is 1. The molecule has 2 saturated carbocycles. The summed E-state index contributed by atoms with van der Waals surface area (Å²) in [6.07, 6.45) is 7.04. The van der Waals surface area contributed by atoms with Crippen molar-refractivity contribution >= 4 is 49.7 Å². The lowest BCUT2D eigenvalue weighted by atomic mass is 9.75. The maximum Gasteiger partial charge on any atom is 0.407 e. The lowest BCUT2D eigenvalue weighted by molar-refractivity contribution is -0.142. The van der Waals surface area contributed by atoms with Gasteiger partial charge in [0.1, 0.15) is 23.5 Å². The van der Waals surface area contributed by atoms with Gasteiger partial charge in [-0.05, 0) is 97.1 Å². The molecule has 14 heteroatoms. The van der Waals surface area contributed by atoms with E-state index in [9.17, 15) is 27.2 Å². The van der Waals surface area contributed by atoms with Crippen LogP contribution in [0.25, 0.3) is 11.0 Å². The number of rotatable bonds is 11. The number of hydrogen-bond donors (Lipinski definition) is 2. The second-order valence-electron chi connectivity index (χ2n) is 16.6. The normalized spacial score (nSPS) is 26.5. The van der Waals surface area contributed by atoms with Crippen LogP contribution in [0.3, 0.4) is 0 Å². The molecule has 1 saturated heterocycles. The minimum absolute atomic E-state index is 0.0968. The highest BCUT2D eigenvalue weighted by Gasteiger charge is 2.60. The molecule has 294 valence electrons. The average molecular weight is 762 g/mol. The molecule has 0 bridgehead atoms. The molecule has 1 aromatic carbocycles. The van der Waals surface area contributed by atoms with Crippen molar-refractivity contribution < 1.29 is 41.1 Å². The Hall–Kier alpha value is -3.36. The van der Waals surface area contributed by atoms with E-state index in [1.54, 1.807) is 59.7 Å². The quantitative estimate of drug-likeness (QED) is 0.242. The maximum atomic E-state index is 15.1. The number of ether oxygens (including phenoxy) is 1. The highest BCUT2D eigenvalue weighted by molar-refractivity contribution is 8.04. The molecule has 2 heterocycles. The number of furan rings is 1. The van der Waals surface area contributed by atoms with Crippen molar-refractivity contribution in [2.24, 2.45) is 29.4 Å². The van der Waals surface area contributed by atoms with Gasteiger partial charge in [-0.15, -0.1) is 0 Å². The van der Waals surface area contributed by atoms with Crippen molar-refractivity contribution in [3.8, 4) is 0 Å². The van der Waals surface area contributed by atoms with E-state index < -0.39 is 63.5 Å². The van der Waals surface area contributed by atoms with Crippen LogP contribution in [0.4, 0.5) is 14.9 Å². The second kappa shape index (κ2) is 16.2. The topological polar surface area (TPSA) is 166 Å². The first kappa shape index (κ1) is 40.8. The summed E-state index contributed by atoms with van der Waals surface area (Å²) in [6, 6.07) is 4.48. The van der Waals surface area contributed by atoms with Crippen molar-refractivity contribution in [1.29, 1.82) is 0 Å². The van der Waals surface area contributed by atoms with Gasteiger partial charge in [-0.3, -0.25) is 9.59 Å². The van der Waals surface area contributed by atoms with Crippen LogP contribution in [0.15, 0.2) is 28.7 Å². The van der Waals surface area contributed by atoms with Crippen LogP contribution in [-0.2, 0) is 24.3 Å². The molecule has 0 spiro atoms. The molecule has 53 heavy (non-hydrogen) atoms. The SMILES string of the molecule is CCN(C(C)C)S(=O)(=O)C(=O)c1cc2cc([N+]3(C(=O)C4CCC([C@@H](CF)NC(=O)OC(C)(C)C)CC4)CC[C@@H](C4CCCCC4)[C@H]3C(N)=O)ccc2o1. The number of likely N-dealkylation sites (tertiary alicyclic amines) is 1. The first-order valence-corrected chi connectivity index (χ1v) is 20.8. The first-order chi connectivity index (χ1) is 24.9. The molecular formula is C39H58FN4O8S+. The number of nitrogens with two attached hydrogens (primary N) is 1. The Labute approximate surface area is 313 Å². The molecule has 12 nitrogen and oxygen atoms in total. The predicted octanol–water partition coefficient (Wildman–Crippen LogP) is 6.59. The molecule has 3 N–H and O–H groups in total. The van der Waals surface area contributed by atoms with Gasteiger partial charge in [-0.1, -0.05) is 26.2 Å². The van der Waals surface area contributed by atoms with Crippen molar-refractivity contribution in [3.05, 3.63) is 30.0 Å². The Bertz CT molecular complexity index is 1770. The van der Waals surface area contributed by atoms with Crippen molar-refractivity contribution in [2.45, 2.75) is 129 Å². The molecule has 1 aromatic heterocycles. The summed E-state index contributed by atoms with van der Waals surface area (Å²) in [7, 11) is -4.36. The fraction of sp³-hybridized carbons (Fsp3) is 0.692. The van der Waals surface area contributed by atoms with Crippen molar-refractivity contribution in [3.63, 3.8) is 0 Å². The highest BCUT2D eigenvalue weighted by atomic mass is 32.2. The highest BCUT2D eigenvalue weighted by Crippen LogP contribution is 2.48. The van der Waals surface area contributed by atoms with Crippen molar-refractivity contribution in [2.75, 3.05) is 19.8 Å². The van der Waals surface area contributed by atoms with E-state index in [1.165, 1.54) is 6.07 Å². The zero-order valence-corrected chi connectivity index (χ0v) is 32.9. The van der Waals surface area contributed by atoms with E-state index in [4.69, 9.17) is 14.9 Å². The van der Waals surface area contributed by atoms with Gasteiger partial charge in [0.15, 0.2) is 11.8 Å². The van der Waals surface area contributed by atoms with Crippen LogP contribution < -0.4 is 15.5 Å². The lowest BCUT2D eigenvalue weighted by Crippen LogP contribution is -2.65. The van der Waals surface area contributed by atoms with Crippen LogP contribution in [0.5, 0.6) is 0 Å². The number of quaternary nitrogens is 1. The van der Waals surface area contributed by atoms with Gasteiger partial charge in [0.05, 0.1) is 18.5 Å². The fourth-order valence-electron chi connectivity index (χ4n) is 9.39. The molecule has 3 fully saturated rings. The summed E-state index contributed by atoms with van der Waals surface area (Å²) in [5.41, 5.74) is 6.37. The number of amides is 3. The Balaban J connectivity index is 1.49. The van der Waals surface area contributed by atoms with Gasteiger partial charge < -0.3 is 20.2 Å². The van der Waals surface area contributed by atoms with Gasteiger partial charge in [-0.2, -0.15) is 4.31 Å².